The van der Waals surface area contributed by atoms with Crippen LogP contribution in [0.5, 0.6) is 11.5 Å². The highest BCUT2D eigenvalue weighted by atomic mass is 32.1. The number of hydrogen-bond acceptors (Lipinski definition) is 5. The highest BCUT2D eigenvalue weighted by Gasteiger charge is 2.43. The highest BCUT2D eigenvalue weighted by molar-refractivity contribution is 7.80. The van der Waals surface area contributed by atoms with E-state index in [-0.39, 0.29) is 17.6 Å². The molecule has 0 unspecified atom stereocenters. The van der Waals surface area contributed by atoms with E-state index in [1.807, 2.05) is 64.2 Å². The maximum Gasteiger partial charge on any atom is 0.335 e. The second-order valence-corrected chi connectivity index (χ2v) is 8.58. The number of carboxylic acid groups (broad SMARTS) is 1. The average Bonchev–Trinajstić information content (AvgIpc) is 3.53. The summed E-state index contributed by atoms with van der Waals surface area (Å²) in [7, 11) is 3.22. The van der Waals surface area contributed by atoms with Gasteiger partial charge in [0.2, 0.25) is 0 Å². The monoisotopic (exact) mass is 500 g/mol. The molecule has 0 spiro atoms. The van der Waals surface area contributed by atoms with Crippen LogP contribution in [0.1, 0.15) is 33.8 Å². The first kappa shape index (κ1) is 23.4. The fourth-order valence-corrected chi connectivity index (χ4v) is 4.87. The molecular weight excluding hydrogens is 476 g/mol. The van der Waals surface area contributed by atoms with Gasteiger partial charge in [-0.25, -0.2) is 4.79 Å². The van der Waals surface area contributed by atoms with Crippen LogP contribution in [0, 0.1) is 0 Å². The standard InChI is InChI=1S/C27H24N4O4S/c1-34-19-12-13-21(23(16-19)35-2)31-25(24(29-27(31)36)20-6-3-4-14-28-20)22-7-5-15-30(22)18-10-8-17(9-11-18)26(32)33/h3-16,24-25H,1-2H3,(H,29,36)(H,32,33)/t24-,25+/m0/s1. The summed E-state index contributed by atoms with van der Waals surface area (Å²) in [6.07, 6.45) is 3.71. The zero-order valence-corrected chi connectivity index (χ0v) is 20.5. The molecule has 0 bridgehead atoms. The van der Waals surface area contributed by atoms with Crippen molar-refractivity contribution < 1.29 is 19.4 Å². The maximum atomic E-state index is 11.4. The number of aromatic carboxylic acids is 1. The van der Waals surface area contributed by atoms with E-state index < -0.39 is 5.97 Å². The molecule has 0 radical (unpaired) electrons. The van der Waals surface area contributed by atoms with Crippen LogP contribution in [0.4, 0.5) is 5.69 Å². The molecule has 2 atom stereocenters. The number of thiocarbonyl (C=S) groups is 1. The van der Waals surface area contributed by atoms with Gasteiger partial charge in [-0.05, 0) is 72.9 Å². The fraction of sp³-hybridized carbons (Fsp3) is 0.148. The lowest BCUT2D eigenvalue weighted by molar-refractivity contribution is 0.0697. The second-order valence-electron chi connectivity index (χ2n) is 8.19. The van der Waals surface area contributed by atoms with Crippen LogP contribution in [0.15, 0.2) is 85.2 Å². The van der Waals surface area contributed by atoms with E-state index in [2.05, 4.69) is 10.3 Å². The summed E-state index contributed by atoms with van der Waals surface area (Å²) in [6, 6.07) is 21.6. The summed E-state index contributed by atoms with van der Waals surface area (Å²) in [5, 5.41) is 13.3. The molecule has 182 valence electrons. The average molecular weight is 501 g/mol. The molecule has 1 saturated heterocycles. The summed E-state index contributed by atoms with van der Waals surface area (Å²) in [6.45, 7) is 0. The Bertz CT molecular complexity index is 1410. The normalized spacial score (nSPS) is 17.1. The van der Waals surface area contributed by atoms with Crippen molar-refractivity contribution in [2.75, 3.05) is 19.1 Å². The molecule has 2 aromatic heterocycles. The molecule has 2 N–H and O–H groups in total. The quantitative estimate of drug-likeness (QED) is 0.351. The first-order valence-electron chi connectivity index (χ1n) is 11.3. The summed E-state index contributed by atoms with van der Waals surface area (Å²) < 4.78 is 13.1. The number of pyridine rings is 1. The molecule has 36 heavy (non-hydrogen) atoms. The number of anilines is 1. The number of ether oxygens (including phenoxy) is 2. The maximum absolute atomic E-state index is 11.4. The fourth-order valence-electron chi connectivity index (χ4n) is 4.53. The van der Waals surface area contributed by atoms with Crippen molar-refractivity contribution in [3.8, 4) is 17.2 Å². The molecule has 1 fully saturated rings. The molecule has 5 rings (SSSR count). The van der Waals surface area contributed by atoms with Crippen LogP contribution in [0.2, 0.25) is 0 Å². The molecule has 9 heteroatoms. The summed E-state index contributed by atoms with van der Waals surface area (Å²) >= 11 is 5.85. The molecule has 1 aliphatic rings. The number of carboxylic acids is 1. The van der Waals surface area contributed by atoms with Gasteiger partial charge in [0, 0.05) is 29.8 Å². The van der Waals surface area contributed by atoms with Gasteiger partial charge in [-0.15, -0.1) is 0 Å². The molecule has 1 aliphatic heterocycles. The Balaban J connectivity index is 1.66. The summed E-state index contributed by atoms with van der Waals surface area (Å²) in [5.41, 5.74) is 3.63. The van der Waals surface area contributed by atoms with Gasteiger partial charge in [-0.3, -0.25) is 4.98 Å². The molecule has 2 aromatic carbocycles. The number of methoxy groups -OCH3 is 2. The SMILES string of the molecule is COc1ccc(N2C(=S)N[C@@H](c3ccccn3)[C@H]2c2cccn2-c2ccc(C(=O)O)cc2)c(OC)c1. The number of aromatic nitrogens is 2. The predicted octanol–water partition coefficient (Wildman–Crippen LogP) is 4.76. The topological polar surface area (TPSA) is 88.9 Å². The third kappa shape index (κ3) is 4.14. The van der Waals surface area contributed by atoms with Crippen molar-refractivity contribution in [1.82, 2.24) is 14.9 Å². The smallest absolute Gasteiger partial charge is 0.335 e. The van der Waals surface area contributed by atoms with Crippen LogP contribution < -0.4 is 19.7 Å². The van der Waals surface area contributed by atoms with Crippen LogP contribution in [0.3, 0.4) is 0 Å². The number of hydrogen-bond donors (Lipinski definition) is 2. The minimum absolute atomic E-state index is 0.229. The molecule has 3 heterocycles. The van der Waals surface area contributed by atoms with Crippen molar-refractivity contribution in [2.24, 2.45) is 0 Å². The number of rotatable bonds is 7. The van der Waals surface area contributed by atoms with Gasteiger partial charge in [0.15, 0.2) is 5.11 Å². The van der Waals surface area contributed by atoms with Crippen molar-refractivity contribution in [3.05, 3.63) is 102 Å². The molecule has 0 saturated carbocycles. The van der Waals surface area contributed by atoms with Crippen molar-refractivity contribution in [2.45, 2.75) is 12.1 Å². The van der Waals surface area contributed by atoms with Gasteiger partial charge in [0.05, 0.1) is 37.2 Å². The van der Waals surface area contributed by atoms with Crippen LogP contribution in [0.25, 0.3) is 5.69 Å². The van der Waals surface area contributed by atoms with E-state index in [1.165, 1.54) is 0 Å². The Kier molecular flexibility index (Phi) is 6.30. The minimum atomic E-state index is -0.965. The van der Waals surface area contributed by atoms with Crippen LogP contribution >= 0.6 is 12.2 Å². The van der Waals surface area contributed by atoms with E-state index >= 15 is 0 Å². The van der Waals surface area contributed by atoms with Gasteiger partial charge in [0.25, 0.3) is 0 Å². The van der Waals surface area contributed by atoms with E-state index in [9.17, 15) is 9.90 Å². The number of nitrogens with zero attached hydrogens (tertiary/aromatic N) is 3. The summed E-state index contributed by atoms with van der Waals surface area (Å²) in [5.74, 6) is 0.329. The Hall–Kier alpha value is -4.37. The van der Waals surface area contributed by atoms with Crippen molar-refractivity contribution in [3.63, 3.8) is 0 Å². The Morgan fingerprint density at radius 1 is 1.03 bits per heavy atom. The van der Waals surface area contributed by atoms with Gasteiger partial charge in [0.1, 0.15) is 17.5 Å². The molecule has 0 aliphatic carbocycles. The zero-order valence-electron chi connectivity index (χ0n) is 19.7. The predicted molar refractivity (Wildman–Crippen MR) is 140 cm³/mol. The van der Waals surface area contributed by atoms with Crippen molar-refractivity contribution >= 4 is 29.0 Å². The van der Waals surface area contributed by atoms with Crippen molar-refractivity contribution in [1.29, 1.82) is 0 Å². The third-order valence-corrected chi connectivity index (χ3v) is 6.53. The largest absolute Gasteiger partial charge is 0.497 e. The third-order valence-electron chi connectivity index (χ3n) is 6.22. The highest BCUT2D eigenvalue weighted by Crippen LogP contribution is 2.45. The summed E-state index contributed by atoms with van der Waals surface area (Å²) in [4.78, 5) is 18.0. The lowest BCUT2D eigenvalue weighted by Crippen LogP contribution is -2.30. The van der Waals surface area contributed by atoms with Gasteiger partial charge >= 0.3 is 5.97 Å². The lowest BCUT2D eigenvalue weighted by Gasteiger charge is -2.30. The molecule has 4 aromatic rings. The van der Waals surface area contributed by atoms with Crippen LogP contribution in [-0.4, -0.2) is 40.0 Å². The van der Waals surface area contributed by atoms with E-state index in [4.69, 9.17) is 21.7 Å². The molecule has 8 nitrogen and oxygen atoms in total. The number of benzene rings is 2. The first-order chi connectivity index (χ1) is 17.5. The second kappa shape index (κ2) is 9.71. The van der Waals surface area contributed by atoms with Gasteiger partial charge in [-0.2, -0.15) is 0 Å². The number of carbonyl (C=O) groups is 1. The van der Waals surface area contributed by atoms with E-state index in [0.29, 0.717) is 16.6 Å². The van der Waals surface area contributed by atoms with Gasteiger partial charge < -0.3 is 29.4 Å². The first-order valence-corrected chi connectivity index (χ1v) is 11.7. The van der Waals surface area contributed by atoms with E-state index in [0.717, 1.165) is 22.8 Å². The van der Waals surface area contributed by atoms with E-state index in [1.54, 1.807) is 44.7 Å². The van der Waals surface area contributed by atoms with Gasteiger partial charge in [-0.1, -0.05) is 6.07 Å². The number of nitrogens with one attached hydrogen (secondary N) is 1. The Morgan fingerprint density at radius 3 is 2.50 bits per heavy atom. The zero-order chi connectivity index (χ0) is 25.2. The molecule has 0 amide bonds. The Labute approximate surface area is 213 Å². The molecular formula is C27H24N4O4S. The minimum Gasteiger partial charge on any atom is -0.497 e. The lowest BCUT2D eigenvalue weighted by atomic mass is 10.0. The Morgan fingerprint density at radius 2 is 1.83 bits per heavy atom. The van der Waals surface area contributed by atoms with Crippen LogP contribution in [-0.2, 0) is 0 Å².